The Morgan fingerprint density at radius 2 is 1.10 bits per heavy atom. The fourth-order valence-corrected chi connectivity index (χ4v) is 4.86. The number of carboxylic acids is 2. The predicted octanol–water partition coefficient (Wildman–Crippen LogP) is 8.23. The molecule has 30 heavy (non-hydrogen) atoms. The fraction of sp³-hybridized carbons (Fsp3) is 0.923. The molecule has 2 N–H and O–H groups in total. The fourth-order valence-electron chi connectivity index (χ4n) is 4.86. The number of hydrogen-bond acceptors (Lipinski definition) is 2. The number of carboxylic acid groups (broad SMARTS) is 2. The first-order valence-corrected chi connectivity index (χ1v) is 12.9. The minimum Gasteiger partial charge on any atom is -0.481 e. The molecule has 0 aliphatic carbocycles. The van der Waals surface area contributed by atoms with Crippen molar-refractivity contribution in [3.05, 3.63) is 0 Å². The summed E-state index contributed by atoms with van der Waals surface area (Å²) in [6, 6.07) is 0. The maximum Gasteiger partial charge on any atom is 0.309 e. The number of aliphatic carboxylic acids is 2. The molecule has 0 amide bonds. The van der Waals surface area contributed by atoms with Crippen LogP contribution in [0.1, 0.15) is 143 Å². The van der Waals surface area contributed by atoms with E-state index in [1.54, 1.807) is 0 Å². The highest BCUT2D eigenvalue weighted by atomic mass is 16.4. The molecule has 0 aliphatic rings. The Morgan fingerprint density at radius 3 is 1.47 bits per heavy atom. The lowest BCUT2D eigenvalue weighted by Gasteiger charge is -2.37. The lowest BCUT2D eigenvalue weighted by molar-refractivity contribution is -0.155. The van der Waals surface area contributed by atoms with Gasteiger partial charge in [-0.1, -0.05) is 111 Å². The van der Waals surface area contributed by atoms with Gasteiger partial charge in [-0.2, -0.15) is 0 Å². The van der Waals surface area contributed by atoms with E-state index in [-0.39, 0.29) is 0 Å². The van der Waals surface area contributed by atoms with Gasteiger partial charge in [-0.3, -0.25) is 9.59 Å². The summed E-state index contributed by atoms with van der Waals surface area (Å²) in [5, 5.41) is 18.8. The summed E-state index contributed by atoms with van der Waals surface area (Å²) >= 11 is 0. The van der Waals surface area contributed by atoms with Crippen molar-refractivity contribution in [1.29, 1.82) is 0 Å². The zero-order valence-corrected chi connectivity index (χ0v) is 20.2. The molecular weight excluding hydrogens is 376 g/mol. The predicted molar refractivity (Wildman–Crippen MR) is 126 cm³/mol. The molecule has 0 rings (SSSR count). The van der Waals surface area contributed by atoms with Crippen LogP contribution in [0.15, 0.2) is 0 Å². The van der Waals surface area contributed by atoms with Gasteiger partial charge in [-0.25, -0.2) is 0 Å². The third-order valence-electron chi connectivity index (χ3n) is 6.85. The molecule has 0 saturated carbocycles. The van der Waals surface area contributed by atoms with Crippen molar-refractivity contribution >= 4 is 11.9 Å². The molecule has 0 spiro atoms. The standard InChI is InChI=1S/C26H50O4/c1-4-7-21-26(25(29)30,22-8-5-2)23(6-3)19-17-15-13-11-9-10-12-14-16-18-20-24(27)28/h23H,4-22H2,1-3H3,(H,27,28)(H,29,30). The van der Waals surface area contributed by atoms with Gasteiger partial charge in [0.05, 0.1) is 5.41 Å². The molecule has 0 fully saturated rings. The van der Waals surface area contributed by atoms with Crippen molar-refractivity contribution in [2.75, 3.05) is 0 Å². The number of rotatable bonds is 22. The molecule has 0 aromatic heterocycles. The van der Waals surface area contributed by atoms with Gasteiger partial charge in [-0.05, 0) is 31.6 Å². The van der Waals surface area contributed by atoms with Gasteiger partial charge >= 0.3 is 11.9 Å². The molecule has 0 bridgehead atoms. The second kappa shape index (κ2) is 18.7. The molecule has 0 aromatic rings. The molecular formula is C26H50O4. The number of carbonyl (C=O) groups is 2. The van der Waals surface area contributed by atoms with E-state index in [4.69, 9.17) is 5.11 Å². The van der Waals surface area contributed by atoms with Gasteiger partial charge in [-0.15, -0.1) is 0 Å². The van der Waals surface area contributed by atoms with E-state index >= 15 is 0 Å². The molecule has 0 aliphatic heterocycles. The van der Waals surface area contributed by atoms with Crippen molar-refractivity contribution in [2.24, 2.45) is 11.3 Å². The van der Waals surface area contributed by atoms with Crippen molar-refractivity contribution in [2.45, 2.75) is 143 Å². The third kappa shape index (κ3) is 12.6. The van der Waals surface area contributed by atoms with Crippen LogP contribution in [0.5, 0.6) is 0 Å². The largest absolute Gasteiger partial charge is 0.481 e. The first kappa shape index (κ1) is 28.9. The van der Waals surface area contributed by atoms with Crippen LogP contribution < -0.4 is 0 Å². The van der Waals surface area contributed by atoms with Crippen LogP contribution in [0.4, 0.5) is 0 Å². The molecule has 1 atom stereocenters. The van der Waals surface area contributed by atoms with E-state index in [9.17, 15) is 14.7 Å². The van der Waals surface area contributed by atoms with Crippen LogP contribution >= 0.6 is 0 Å². The van der Waals surface area contributed by atoms with Crippen LogP contribution in [0.25, 0.3) is 0 Å². The number of unbranched alkanes of at least 4 members (excludes halogenated alkanes) is 11. The van der Waals surface area contributed by atoms with Crippen LogP contribution in [-0.2, 0) is 9.59 Å². The monoisotopic (exact) mass is 426 g/mol. The lowest BCUT2D eigenvalue weighted by Crippen LogP contribution is -2.39. The van der Waals surface area contributed by atoms with Crippen molar-refractivity contribution in [1.82, 2.24) is 0 Å². The molecule has 4 nitrogen and oxygen atoms in total. The zero-order chi connectivity index (χ0) is 22.7. The molecule has 0 heterocycles. The van der Waals surface area contributed by atoms with Crippen molar-refractivity contribution in [3.8, 4) is 0 Å². The normalized spacial score (nSPS) is 12.8. The van der Waals surface area contributed by atoms with Crippen LogP contribution in [0.2, 0.25) is 0 Å². The molecule has 1 unspecified atom stereocenters. The van der Waals surface area contributed by atoms with Gasteiger partial charge in [0.25, 0.3) is 0 Å². The maximum atomic E-state index is 12.3. The smallest absolute Gasteiger partial charge is 0.309 e. The zero-order valence-electron chi connectivity index (χ0n) is 20.2. The van der Waals surface area contributed by atoms with Gasteiger partial charge < -0.3 is 10.2 Å². The first-order chi connectivity index (χ1) is 14.4. The van der Waals surface area contributed by atoms with Crippen LogP contribution in [-0.4, -0.2) is 22.2 Å². The molecule has 0 radical (unpaired) electrons. The third-order valence-corrected chi connectivity index (χ3v) is 6.85. The number of hydrogen-bond donors (Lipinski definition) is 2. The Balaban J connectivity index is 4.15. The Bertz CT molecular complexity index is 425. The highest BCUT2D eigenvalue weighted by molar-refractivity contribution is 5.75. The summed E-state index contributed by atoms with van der Waals surface area (Å²) in [5.41, 5.74) is -0.512. The minimum atomic E-state index is -0.684. The SMILES string of the molecule is CCCCC(CCCC)(C(=O)O)C(CC)CCCCCCCCCCCCC(=O)O. The summed E-state index contributed by atoms with van der Waals surface area (Å²) in [4.78, 5) is 22.8. The van der Waals surface area contributed by atoms with Gasteiger partial charge in [0, 0.05) is 6.42 Å². The Hall–Kier alpha value is -1.06. The summed E-state index contributed by atoms with van der Waals surface area (Å²) in [7, 11) is 0. The lowest BCUT2D eigenvalue weighted by atomic mass is 9.66. The Kier molecular flexibility index (Phi) is 18.0. The molecule has 178 valence electrons. The Labute approximate surface area is 186 Å². The average Bonchev–Trinajstić information content (AvgIpc) is 2.72. The summed E-state index contributed by atoms with van der Waals surface area (Å²) in [6.45, 7) is 6.49. The van der Waals surface area contributed by atoms with E-state index in [0.29, 0.717) is 12.3 Å². The van der Waals surface area contributed by atoms with E-state index in [0.717, 1.165) is 77.0 Å². The van der Waals surface area contributed by atoms with Gasteiger partial charge in [0.2, 0.25) is 0 Å². The average molecular weight is 427 g/mol. The second-order valence-corrected chi connectivity index (χ2v) is 9.24. The summed E-state index contributed by atoms with van der Waals surface area (Å²) in [6.07, 6.45) is 19.8. The second-order valence-electron chi connectivity index (χ2n) is 9.24. The topological polar surface area (TPSA) is 74.6 Å². The van der Waals surface area contributed by atoms with E-state index in [1.807, 2.05) is 0 Å². The quantitative estimate of drug-likeness (QED) is 0.171. The summed E-state index contributed by atoms with van der Waals surface area (Å²) < 4.78 is 0. The van der Waals surface area contributed by atoms with E-state index < -0.39 is 17.4 Å². The highest BCUT2D eigenvalue weighted by Gasteiger charge is 2.43. The molecule has 4 heteroatoms. The molecule has 0 saturated heterocycles. The van der Waals surface area contributed by atoms with E-state index in [2.05, 4.69) is 20.8 Å². The minimum absolute atomic E-state index is 0.304. The maximum absolute atomic E-state index is 12.3. The van der Waals surface area contributed by atoms with E-state index in [1.165, 1.54) is 38.5 Å². The van der Waals surface area contributed by atoms with Crippen LogP contribution in [0.3, 0.4) is 0 Å². The van der Waals surface area contributed by atoms with Crippen LogP contribution in [0, 0.1) is 11.3 Å². The summed E-state index contributed by atoms with van der Waals surface area (Å²) in [5.74, 6) is -0.935. The van der Waals surface area contributed by atoms with Gasteiger partial charge in [0.1, 0.15) is 0 Å². The van der Waals surface area contributed by atoms with Gasteiger partial charge in [0.15, 0.2) is 0 Å². The Morgan fingerprint density at radius 1 is 0.667 bits per heavy atom. The molecule has 0 aromatic carbocycles. The highest BCUT2D eigenvalue weighted by Crippen LogP contribution is 2.43. The first-order valence-electron chi connectivity index (χ1n) is 12.9. The van der Waals surface area contributed by atoms with Crippen molar-refractivity contribution < 1.29 is 19.8 Å². The van der Waals surface area contributed by atoms with Crippen molar-refractivity contribution in [3.63, 3.8) is 0 Å².